The summed E-state index contributed by atoms with van der Waals surface area (Å²) in [5.74, 6) is 0.607. The van der Waals surface area contributed by atoms with E-state index < -0.39 is 0 Å². The van der Waals surface area contributed by atoms with Crippen molar-refractivity contribution in [3.8, 4) is 22.4 Å². The molecule has 3 heterocycles. The fraction of sp³-hybridized carbons (Fsp3) is 0.147. The molecule has 36 heavy (non-hydrogen) atoms. The molecule has 174 valence electrons. The topological polar surface area (TPSA) is 17.3 Å². The molecule has 4 aromatic carbocycles. The number of nitrogens with zero attached hydrogens (tertiary/aromatic N) is 2. The van der Waals surface area contributed by atoms with Crippen LogP contribution in [0.2, 0.25) is 0 Å². The first-order valence-electron chi connectivity index (χ1n) is 12.8. The normalized spacial score (nSPS) is 12.1. The molecule has 0 spiro atoms. The number of aromatic nitrogens is 2. The highest BCUT2D eigenvalue weighted by atomic mass is 14.9. The molecule has 2 nitrogen and oxygen atoms in total. The molecule has 0 saturated heterocycles. The van der Waals surface area contributed by atoms with Crippen molar-refractivity contribution in [3.63, 3.8) is 0 Å². The van der Waals surface area contributed by atoms with Gasteiger partial charge in [0.2, 0.25) is 0 Å². The number of aryl methyl sites for hydroxylation is 1. The molecule has 0 fully saturated rings. The van der Waals surface area contributed by atoms with Gasteiger partial charge in [0.15, 0.2) is 0 Å². The molecule has 0 atom stereocenters. The summed E-state index contributed by atoms with van der Waals surface area (Å²) in [4.78, 5) is 4.91. The van der Waals surface area contributed by atoms with Crippen LogP contribution in [0.25, 0.3) is 60.5 Å². The lowest BCUT2D eigenvalue weighted by Gasteiger charge is -2.13. The van der Waals surface area contributed by atoms with Crippen LogP contribution in [0, 0.1) is 12.8 Å². The molecule has 0 radical (unpaired) electrons. The average molecular weight is 465 g/mol. The van der Waals surface area contributed by atoms with E-state index in [2.05, 4.69) is 116 Å². The fourth-order valence-electron chi connectivity index (χ4n) is 5.92. The summed E-state index contributed by atoms with van der Waals surface area (Å²) in [5, 5.41) is 5.20. The molecular formula is C34H28N2. The van der Waals surface area contributed by atoms with Crippen molar-refractivity contribution in [3.05, 3.63) is 108 Å². The molecule has 7 aromatic rings. The Bertz CT molecular complexity index is 1890. The van der Waals surface area contributed by atoms with Gasteiger partial charge in [0.25, 0.3) is 0 Å². The highest BCUT2D eigenvalue weighted by Gasteiger charge is 2.21. The maximum absolute atomic E-state index is 4.91. The van der Waals surface area contributed by atoms with Crippen LogP contribution in [0.5, 0.6) is 0 Å². The van der Waals surface area contributed by atoms with Crippen LogP contribution in [0.3, 0.4) is 0 Å². The van der Waals surface area contributed by atoms with Crippen LogP contribution < -0.4 is 0 Å². The van der Waals surface area contributed by atoms with E-state index >= 15 is 0 Å². The predicted molar refractivity (Wildman–Crippen MR) is 153 cm³/mol. The van der Waals surface area contributed by atoms with E-state index in [9.17, 15) is 0 Å². The first kappa shape index (κ1) is 21.1. The van der Waals surface area contributed by atoms with E-state index in [0.717, 1.165) is 12.1 Å². The lowest BCUT2D eigenvalue weighted by molar-refractivity contribution is 0.644. The van der Waals surface area contributed by atoms with E-state index in [1.807, 2.05) is 6.20 Å². The Morgan fingerprint density at radius 1 is 0.694 bits per heavy atom. The zero-order valence-electron chi connectivity index (χ0n) is 20.9. The summed E-state index contributed by atoms with van der Waals surface area (Å²) in [6.07, 6.45) is 3.11. The Kier molecular flexibility index (Phi) is 4.65. The van der Waals surface area contributed by atoms with E-state index in [1.54, 1.807) is 0 Å². The molecule has 0 amide bonds. The van der Waals surface area contributed by atoms with Gasteiger partial charge in [0, 0.05) is 38.9 Å². The van der Waals surface area contributed by atoms with Gasteiger partial charge in [0.05, 0.1) is 22.2 Å². The second kappa shape index (κ2) is 7.93. The first-order valence-corrected chi connectivity index (χ1v) is 12.8. The van der Waals surface area contributed by atoms with Crippen molar-refractivity contribution in [1.82, 2.24) is 9.38 Å². The second-order valence-electron chi connectivity index (χ2n) is 10.4. The average Bonchev–Trinajstić information content (AvgIpc) is 3.42. The number of benzene rings is 4. The number of hydrogen-bond acceptors (Lipinski definition) is 1. The second-order valence-corrected chi connectivity index (χ2v) is 10.4. The maximum Gasteiger partial charge on any atom is 0.0705 e. The highest BCUT2D eigenvalue weighted by Crippen LogP contribution is 2.44. The zero-order chi connectivity index (χ0) is 24.4. The van der Waals surface area contributed by atoms with E-state index in [0.29, 0.717) is 5.92 Å². The quantitative estimate of drug-likeness (QED) is 0.254. The summed E-state index contributed by atoms with van der Waals surface area (Å²) >= 11 is 0. The standard InChI is InChI=1S/C34H28N2/c1-21(2)16-24-19-31(35-20-22(24)3)25-17-29(23-10-5-4-6-11-23)34-30(18-25)28-14-9-13-27-26-12-7-8-15-32(26)36(34)33(27)28/h4-15,17-21H,16H2,1-3H3. The summed E-state index contributed by atoms with van der Waals surface area (Å²) in [6.45, 7) is 6.73. The number of rotatable bonds is 4. The largest absolute Gasteiger partial charge is 0.307 e. The van der Waals surface area contributed by atoms with Crippen LogP contribution in [-0.2, 0) is 6.42 Å². The van der Waals surface area contributed by atoms with Gasteiger partial charge in [-0.3, -0.25) is 4.98 Å². The van der Waals surface area contributed by atoms with Crippen LogP contribution in [0.15, 0.2) is 97.2 Å². The minimum absolute atomic E-state index is 0.607. The Morgan fingerprint density at radius 3 is 2.22 bits per heavy atom. The zero-order valence-corrected chi connectivity index (χ0v) is 20.9. The summed E-state index contributed by atoms with van der Waals surface area (Å²) < 4.78 is 2.48. The van der Waals surface area contributed by atoms with Crippen LogP contribution in [0.1, 0.15) is 25.0 Å². The third kappa shape index (κ3) is 3.07. The first-order chi connectivity index (χ1) is 17.6. The molecule has 0 aliphatic rings. The number of fused-ring (bicyclic) bond motifs is 6. The van der Waals surface area contributed by atoms with E-state index in [-0.39, 0.29) is 0 Å². The third-order valence-corrected chi connectivity index (χ3v) is 7.54. The maximum atomic E-state index is 4.91. The summed E-state index contributed by atoms with van der Waals surface area (Å²) in [6, 6.07) is 33.3. The fourth-order valence-corrected chi connectivity index (χ4v) is 5.92. The van der Waals surface area contributed by atoms with Crippen molar-refractivity contribution in [2.45, 2.75) is 27.2 Å². The molecule has 0 bridgehead atoms. The summed E-state index contributed by atoms with van der Waals surface area (Å²) in [7, 11) is 0. The monoisotopic (exact) mass is 464 g/mol. The smallest absolute Gasteiger partial charge is 0.0705 e. The van der Waals surface area contributed by atoms with Gasteiger partial charge in [0.1, 0.15) is 0 Å². The number of pyridine rings is 1. The predicted octanol–water partition coefficient (Wildman–Crippen LogP) is 9.07. The molecule has 2 heteroatoms. The van der Waals surface area contributed by atoms with E-state index in [1.165, 1.54) is 65.9 Å². The minimum atomic E-state index is 0.607. The van der Waals surface area contributed by atoms with Crippen LogP contribution >= 0.6 is 0 Å². The molecule has 0 aliphatic heterocycles. The van der Waals surface area contributed by atoms with Crippen molar-refractivity contribution in [2.75, 3.05) is 0 Å². The SMILES string of the molecule is Cc1cnc(-c2cc(-c3ccccc3)c3c(c2)c2cccc4c5ccccc5n3c42)cc1CC(C)C. The molecule has 3 aromatic heterocycles. The van der Waals surface area contributed by atoms with Gasteiger partial charge in [-0.05, 0) is 60.2 Å². The van der Waals surface area contributed by atoms with Crippen molar-refractivity contribution >= 4 is 38.1 Å². The lowest BCUT2D eigenvalue weighted by Crippen LogP contribution is -1.99. The van der Waals surface area contributed by atoms with Crippen LogP contribution in [-0.4, -0.2) is 9.38 Å². The Balaban J connectivity index is 1.62. The lowest BCUT2D eigenvalue weighted by atomic mass is 9.94. The van der Waals surface area contributed by atoms with Gasteiger partial charge < -0.3 is 4.40 Å². The summed E-state index contributed by atoms with van der Waals surface area (Å²) in [5.41, 5.74) is 11.2. The van der Waals surface area contributed by atoms with E-state index in [4.69, 9.17) is 4.98 Å². The third-order valence-electron chi connectivity index (χ3n) is 7.54. The number of hydrogen-bond donors (Lipinski definition) is 0. The van der Waals surface area contributed by atoms with Crippen molar-refractivity contribution in [1.29, 1.82) is 0 Å². The molecule has 7 rings (SSSR count). The highest BCUT2D eigenvalue weighted by molar-refractivity contribution is 6.25. The Labute approximate surface area is 211 Å². The molecule has 0 aliphatic carbocycles. The van der Waals surface area contributed by atoms with Crippen molar-refractivity contribution < 1.29 is 0 Å². The Hall–Kier alpha value is -4.17. The van der Waals surface area contributed by atoms with Crippen molar-refractivity contribution in [2.24, 2.45) is 5.92 Å². The van der Waals surface area contributed by atoms with Gasteiger partial charge in [-0.2, -0.15) is 0 Å². The molecular weight excluding hydrogens is 436 g/mol. The van der Waals surface area contributed by atoms with Gasteiger partial charge in [-0.15, -0.1) is 0 Å². The molecule has 0 N–H and O–H groups in total. The minimum Gasteiger partial charge on any atom is -0.307 e. The van der Waals surface area contributed by atoms with Gasteiger partial charge in [-0.25, -0.2) is 0 Å². The number of para-hydroxylation sites is 2. The van der Waals surface area contributed by atoms with Crippen LogP contribution in [0.4, 0.5) is 0 Å². The van der Waals surface area contributed by atoms with Gasteiger partial charge >= 0.3 is 0 Å². The molecule has 0 saturated carbocycles. The molecule has 0 unspecified atom stereocenters. The Morgan fingerprint density at radius 2 is 1.42 bits per heavy atom. The van der Waals surface area contributed by atoms with Gasteiger partial charge in [-0.1, -0.05) is 80.6 Å².